The monoisotopic (exact) mass is 297 g/mol. The summed E-state index contributed by atoms with van der Waals surface area (Å²) in [6.45, 7) is 7.10. The lowest BCUT2D eigenvalue weighted by atomic mass is 10.1. The van der Waals surface area contributed by atoms with E-state index in [1.807, 2.05) is 57.2 Å². The summed E-state index contributed by atoms with van der Waals surface area (Å²) in [5, 5.41) is 2.89. The highest BCUT2D eigenvalue weighted by atomic mass is 16.5. The van der Waals surface area contributed by atoms with E-state index in [0.717, 1.165) is 16.9 Å². The third-order valence-corrected chi connectivity index (χ3v) is 3.50. The second-order valence-electron chi connectivity index (χ2n) is 5.63. The van der Waals surface area contributed by atoms with Crippen molar-refractivity contribution in [1.82, 2.24) is 5.32 Å². The van der Waals surface area contributed by atoms with Gasteiger partial charge >= 0.3 is 0 Å². The second-order valence-corrected chi connectivity index (χ2v) is 5.63. The summed E-state index contributed by atoms with van der Waals surface area (Å²) >= 11 is 0. The predicted octanol–water partition coefficient (Wildman–Crippen LogP) is 3.35. The molecule has 0 aliphatic heterocycles. The van der Waals surface area contributed by atoms with E-state index in [4.69, 9.17) is 4.74 Å². The standard InChI is InChI=1S/C19H23NO2/c1-14-10-15(2)12-18(11-14)22-9-8-20-19(21)13-17-7-5-4-6-16(17)3/h4-7,10-12H,8-9,13H2,1-3H3,(H,20,21). The first-order chi connectivity index (χ1) is 10.5. The highest BCUT2D eigenvalue weighted by molar-refractivity contribution is 5.78. The van der Waals surface area contributed by atoms with E-state index in [9.17, 15) is 4.79 Å². The fourth-order valence-electron chi connectivity index (χ4n) is 2.42. The largest absolute Gasteiger partial charge is 0.492 e. The van der Waals surface area contributed by atoms with E-state index in [0.29, 0.717) is 19.6 Å². The van der Waals surface area contributed by atoms with E-state index in [2.05, 4.69) is 11.4 Å². The zero-order chi connectivity index (χ0) is 15.9. The highest BCUT2D eigenvalue weighted by Gasteiger charge is 2.05. The molecule has 1 N–H and O–H groups in total. The van der Waals surface area contributed by atoms with Crippen LogP contribution in [0.4, 0.5) is 0 Å². The first kappa shape index (κ1) is 16.1. The quantitative estimate of drug-likeness (QED) is 0.830. The normalized spacial score (nSPS) is 10.3. The Kier molecular flexibility index (Phi) is 5.59. The van der Waals surface area contributed by atoms with Gasteiger partial charge in [-0.25, -0.2) is 0 Å². The molecular weight excluding hydrogens is 274 g/mol. The Morgan fingerprint density at radius 2 is 1.73 bits per heavy atom. The smallest absolute Gasteiger partial charge is 0.224 e. The minimum absolute atomic E-state index is 0.0262. The molecular formula is C19H23NO2. The molecule has 0 fully saturated rings. The van der Waals surface area contributed by atoms with Gasteiger partial charge in [-0.15, -0.1) is 0 Å². The maximum Gasteiger partial charge on any atom is 0.224 e. The third-order valence-electron chi connectivity index (χ3n) is 3.50. The number of carbonyl (C=O) groups is 1. The van der Waals surface area contributed by atoms with Crippen molar-refractivity contribution in [3.05, 3.63) is 64.7 Å². The Balaban J connectivity index is 1.74. The van der Waals surface area contributed by atoms with E-state index in [1.165, 1.54) is 11.1 Å². The van der Waals surface area contributed by atoms with E-state index >= 15 is 0 Å². The molecule has 116 valence electrons. The Labute approximate surface area is 132 Å². The van der Waals surface area contributed by atoms with E-state index < -0.39 is 0 Å². The van der Waals surface area contributed by atoms with Gasteiger partial charge in [0.2, 0.25) is 5.91 Å². The molecule has 22 heavy (non-hydrogen) atoms. The van der Waals surface area contributed by atoms with Crippen LogP contribution in [-0.4, -0.2) is 19.1 Å². The SMILES string of the molecule is Cc1cc(C)cc(OCCNC(=O)Cc2ccccc2C)c1. The number of aryl methyl sites for hydroxylation is 3. The molecule has 3 nitrogen and oxygen atoms in total. The van der Waals surface area contributed by atoms with Crippen LogP contribution in [0.15, 0.2) is 42.5 Å². The lowest BCUT2D eigenvalue weighted by molar-refractivity contribution is -0.120. The van der Waals surface area contributed by atoms with Crippen LogP contribution in [0.25, 0.3) is 0 Å². The number of nitrogens with one attached hydrogen (secondary N) is 1. The maximum atomic E-state index is 11.9. The summed E-state index contributed by atoms with van der Waals surface area (Å²) in [6, 6.07) is 14.1. The minimum Gasteiger partial charge on any atom is -0.492 e. The molecule has 0 unspecified atom stereocenters. The topological polar surface area (TPSA) is 38.3 Å². The lowest BCUT2D eigenvalue weighted by Crippen LogP contribution is -2.29. The van der Waals surface area contributed by atoms with Crippen molar-refractivity contribution in [3.8, 4) is 5.75 Å². The summed E-state index contributed by atoms with van der Waals surface area (Å²) in [7, 11) is 0. The molecule has 0 radical (unpaired) electrons. The molecule has 0 saturated carbocycles. The molecule has 0 aromatic heterocycles. The lowest BCUT2D eigenvalue weighted by Gasteiger charge is -2.10. The molecule has 2 rings (SSSR count). The maximum absolute atomic E-state index is 11.9. The number of hydrogen-bond acceptors (Lipinski definition) is 2. The molecule has 2 aromatic carbocycles. The molecule has 0 saturated heterocycles. The van der Waals surface area contributed by atoms with E-state index in [1.54, 1.807) is 0 Å². The summed E-state index contributed by atoms with van der Waals surface area (Å²) in [5.41, 5.74) is 4.57. The second kappa shape index (κ2) is 7.64. The summed E-state index contributed by atoms with van der Waals surface area (Å²) in [5.74, 6) is 0.879. The summed E-state index contributed by atoms with van der Waals surface area (Å²) < 4.78 is 5.68. The van der Waals surface area contributed by atoms with Crippen LogP contribution in [0.3, 0.4) is 0 Å². The van der Waals surface area contributed by atoms with Crippen LogP contribution >= 0.6 is 0 Å². The van der Waals surface area contributed by atoms with Crippen molar-refractivity contribution in [1.29, 1.82) is 0 Å². The van der Waals surface area contributed by atoms with Crippen LogP contribution in [0.5, 0.6) is 5.75 Å². The Morgan fingerprint density at radius 1 is 1.05 bits per heavy atom. The van der Waals surface area contributed by atoms with Crippen molar-refractivity contribution in [2.75, 3.05) is 13.2 Å². The molecule has 0 spiro atoms. The molecule has 0 aliphatic carbocycles. The van der Waals surface area contributed by atoms with Crippen molar-refractivity contribution in [2.24, 2.45) is 0 Å². The van der Waals surface area contributed by atoms with Crippen LogP contribution in [0, 0.1) is 20.8 Å². The minimum atomic E-state index is 0.0262. The molecule has 0 atom stereocenters. The Morgan fingerprint density at radius 3 is 2.41 bits per heavy atom. The van der Waals surface area contributed by atoms with E-state index in [-0.39, 0.29) is 5.91 Å². The number of rotatable bonds is 6. The average Bonchev–Trinajstić information content (AvgIpc) is 2.45. The molecule has 2 aromatic rings. The summed E-state index contributed by atoms with van der Waals surface area (Å²) in [4.78, 5) is 11.9. The molecule has 0 bridgehead atoms. The fourth-order valence-corrected chi connectivity index (χ4v) is 2.42. The van der Waals surface area contributed by atoms with Crippen LogP contribution in [-0.2, 0) is 11.2 Å². The Bertz CT molecular complexity index is 629. The zero-order valence-electron chi connectivity index (χ0n) is 13.5. The number of amides is 1. The highest BCUT2D eigenvalue weighted by Crippen LogP contribution is 2.15. The molecule has 0 heterocycles. The first-order valence-electron chi connectivity index (χ1n) is 7.57. The van der Waals surface area contributed by atoms with Gasteiger partial charge in [0.25, 0.3) is 0 Å². The molecule has 0 aliphatic rings. The van der Waals surface area contributed by atoms with Crippen LogP contribution in [0.2, 0.25) is 0 Å². The third kappa shape index (κ3) is 4.92. The van der Waals surface area contributed by atoms with Crippen molar-refractivity contribution in [3.63, 3.8) is 0 Å². The van der Waals surface area contributed by atoms with Gasteiger partial charge in [-0.1, -0.05) is 30.3 Å². The van der Waals surface area contributed by atoms with Gasteiger partial charge < -0.3 is 10.1 Å². The van der Waals surface area contributed by atoms with Gasteiger partial charge in [0.05, 0.1) is 13.0 Å². The van der Waals surface area contributed by atoms with Crippen LogP contribution in [0.1, 0.15) is 22.3 Å². The summed E-state index contributed by atoms with van der Waals surface area (Å²) in [6.07, 6.45) is 0.413. The predicted molar refractivity (Wildman–Crippen MR) is 89.3 cm³/mol. The van der Waals surface area contributed by atoms with Gasteiger partial charge in [0.1, 0.15) is 12.4 Å². The molecule has 1 amide bonds. The van der Waals surface area contributed by atoms with Gasteiger partial charge in [0, 0.05) is 0 Å². The number of ether oxygens (including phenoxy) is 1. The van der Waals surface area contributed by atoms with Crippen molar-refractivity contribution in [2.45, 2.75) is 27.2 Å². The van der Waals surface area contributed by atoms with Gasteiger partial charge in [-0.05, 0) is 55.2 Å². The number of carbonyl (C=O) groups excluding carboxylic acids is 1. The molecule has 3 heteroatoms. The first-order valence-corrected chi connectivity index (χ1v) is 7.57. The average molecular weight is 297 g/mol. The zero-order valence-corrected chi connectivity index (χ0v) is 13.5. The Hall–Kier alpha value is -2.29. The van der Waals surface area contributed by atoms with Crippen molar-refractivity contribution >= 4 is 5.91 Å². The van der Waals surface area contributed by atoms with Crippen molar-refractivity contribution < 1.29 is 9.53 Å². The number of benzene rings is 2. The fraction of sp³-hybridized carbons (Fsp3) is 0.316. The van der Waals surface area contributed by atoms with Gasteiger partial charge in [-0.3, -0.25) is 4.79 Å². The van der Waals surface area contributed by atoms with Gasteiger partial charge in [0.15, 0.2) is 0 Å². The number of hydrogen-bond donors (Lipinski definition) is 1. The van der Waals surface area contributed by atoms with Crippen LogP contribution < -0.4 is 10.1 Å². The van der Waals surface area contributed by atoms with Gasteiger partial charge in [-0.2, -0.15) is 0 Å².